The van der Waals surface area contributed by atoms with E-state index in [9.17, 15) is 0 Å². The van der Waals surface area contributed by atoms with Crippen LogP contribution in [-0.2, 0) is 18.6 Å². The lowest BCUT2D eigenvalue weighted by molar-refractivity contribution is -0.184. The smallest absolute Gasteiger partial charge is 0.192 e. The van der Waals surface area contributed by atoms with Gasteiger partial charge in [0.15, 0.2) is 14.1 Å². The second-order valence-electron chi connectivity index (χ2n) is 11.2. The maximum absolute atomic E-state index is 6.85. The Morgan fingerprint density at radius 2 is 1.81 bits per heavy atom. The molecule has 2 saturated heterocycles. The summed E-state index contributed by atoms with van der Waals surface area (Å²) in [5.74, 6) is 1.20. The van der Waals surface area contributed by atoms with Crippen LogP contribution in [0.4, 0.5) is 0 Å². The van der Waals surface area contributed by atoms with E-state index in [4.69, 9.17) is 18.6 Å². The monoisotopic (exact) mass is 444 g/mol. The molecule has 26 heavy (non-hydrogen) atoms. The fourth-order valence-corrected chi connectivity index (χ4v) is 8.73. The van der Waals surface area contributed by atoms with Gasteiger partial charge in [-0.15, -0.1) is 0 Å². The summed E-state index contributed by atoms with van der Waals surface area (Å²) in [4.78, 5) is 0.421. The molecule has 2 bridgehead atoms. The minimum Gasteiger partial charge on any atom is -0.416 e. The van der Waals surface area contributed by atoms with Crippen molar-refractivity contribution in [2.45, 2.75) is 94.2 Å². The van der Waals surface area contributed by atoms with Gasteiger partial charge in [0.1, 0.15) is 6.10 Å². The third-order valence-corrected chi connectivity index (χ3v) is 14.2. The van der Waals surface area contributed by atoms with Gasteiger partial charge in [-0.2, -0.15) is 0 Å². The Morgan fingerprint density at radius 1 is 1.12 bits per heavy atom. The van der Waals surface area contributed by atoms with Crippen LogP contribution in [0.15, 0.2) is 0 Å². The number of rotatable bonds is 3. The average molecular weight is 445 g/mol. The third kappa shape index (κ3) is 2.10. The zero-order chi connectivity index (χ0) is 18.9. The molecule has 0 radical (unpaired) electrons. The van der Waals surface area contributed by atoms with Crippen molar-refractivity contribution in [2.75, 3.05) is 6.61 Å². The van der Waals surface area contributed by atoms with Crippen molar-refractivity contribution in [3.05, 3.63) is 0 Å². The van der Waals surface area contributed by atoms with E-state index in [1.54, 1.807) is 0 Å². The van der Waals surface area contributed by atoms with Crippen molar-refractivity contribution in [1.29, 1.82) is 0 Å². The molecule has 4 nitrogen and oxygen atoms in total. The van der Waals surface area contributed by atoms with E-state index in [2.05, 4.69) is 49.8 Å². The summed E-state index contributed by atoms with van der Waals surface area (Å²) in [6.45, 7) is 16.5. The van der Waals surface area contributed by atoms with Gasteiger partial charge in [0.2, 0.25) is 0 Å². The first-order valence-electron chi connectivity index (χ1n) is 10.2. The van der Waals surface area contributed by atoms with Crippen molar-refractivity contribution >= 4 is 24.2 Å². The van der Waals surface area contributed by atoms with Crippen LogP contribution in [0, 0.1) is 23.2 Å². The number of ether oxygens (including phenoxy) is 3. The summed E-state index contributed by atoms with van der Waals surface area (Å²) in [6, 6.07) is 0. The lowest BCUT2D eigenvalue weighted by atomic mass is 9.67. The fraction of sp³-hybridized carbons (Fsp3) is 1.00. The largest absolute Gasteiger partial charge is 0.416 e. The molecule has 2 heterocycles. The van der Waals surface area contributed by atoms with E-state index in [-0.39, 0.29) is 28.8 Å². The molecular weight excluding hydrogens is 412 g/mol. The molecule has 5 rings (SSSR count). The van der Waals surface area contributed by atoms with E-state index in [1.165, 1.54) is 6.42 Å². The van der Waals surface area contributed by atoms with Crippen molar-refractivity contribution in [3.63, 3.8) is 0 Å². The second-order valence-corrected chi connectivity index (χ2v) is 17.1. The molecule has 2 unspecified atom stereocenters. The van der Waals surface area contributed by atoms with Gasteiger partial charge in [0, 0.05) is 22.8 Å². The van der Waals surface area contributed by atoms with Gasteiger partial charge in [0.25, 0.3) is 0 Å². The number of halogens is 1. The molecule has 5 aliphatic rings. The predicted molar refractivity (Wildman–Crippen MR) is 106 cm³/mol. The van der Waals surface area contributed by atoms with E-state index in [0.29, 0.717) is 28.7 Å². The van der Waals surface area contributed by atoms with Crippen molar-refractivity contribution in [1.82, 2.24) is 0 Å². The van der Waals surface area contributed by atoms with Crippen molar-refractivity contribution in [3.8, 4) is 0 Å². The molecule has 3 saturated carbocycles. The van der Waals surface area contributed by atoms with Gasteiger partial charge in [-0.25, -0.2) is 0 Å². The normalized spacial score (nSPS) is 53.5. The first-order valence-corrected chi connectivity index (χ1v) is 14.0. The van der Waals surface area contributed by atoms with Crippen LogP contribution >= 0.6 is 15.9 Å². The molecule has 148 valence electrons. The van der Waals surface area contributed by atoms with Crippen LogP contribution in [-0.4, -0.2) is 50.0 Å². The molecule has 0 aromatic rings. The molecular formula is C20H33BrO4Si. The highest BCUT2D eigenvalue weighted by Crippen LogP contribution is 2.74. The highest BCUT2D eigenvalue weighted by molar-refractivity contribution is 9.09. The van der Waals surface area contributed by atoms with Crippen LogP contribution in [0.25, 0.3) is 0 Å². The zero-order valence-electron chi connectivity index (χ0n) is 17.0. The Kier molecular flexibility index (Phi) is 3.69. The maximum atomic E-state index is 6.85. The molecule has 9 atom stereocenters. The fourth-order valence-electron chi connectivity index (χ4n) is 6.46. The Labute approximate surface area is 166 Å². The molecule has 5 fully saturated rings. The van der Waals surface area contributed by atoms with Gasteiger partial charge in [-0.1, -0.05) is 36.7 Å². The summed E-state index contributed by atoms with van der Waals surface area (Å²) in [5, 5.41) is 0.216. The maximum Gasteiger partial charge on any atom is 0.192 e. The Balaban J connectivity index is 1.52. The number of fused-ring (bicyclic) bond motifs is 5. The highest BCUT2D eigenvalue weighted by atomic mass is 79.9. The van der Waals surface area contributed by atoms with Crippen LogP contribution in [0.3, 0.4) is 0 Å². The molecule has 3 aliphatic carbocycles. The second kappa shape index (κ2) is 5.17. The van der Waals surface area contributed by atoms with Crippen LogP contribution in [0.2, 0.25) is 18.1 Å². The van der Waals surface area contributed by atoms with Crippen LogP contribution < -0.4 is 0 Å². The molecule has 0 spiro atoms. The molecule has 0 aromatic carbocycles. The highest BCUT2D eigenvalue weighted by Gasteiger charge is 2.82. The van der Waals surface area contributed by atoms with Gasteiger partial charge in [-0.3, -0.25) is 0 Å². The number of hydrogen-bond donors (Lipinski definition) is 0. The zero-order valence-corrected chi connectivity index (χ0v) is 19.6. The molecule has 0 N–H and O–H groups in total. The summed E-state index contributed by atoms with van der Waals surface area (Å²) < 4.78 is 26.3. The van der Waals surface area contributed by atoms with E-state index in [0.717, 1.165) is 6.61 Å². The van der Waals surface area contributed by atoms with Gasteiger partial charge < -0.3 is 18.6 Å². The summed E-state index contributed by atoms with van der Waals surface area (Å²) in [5.41, 5.74) is 0.0322. The van der Waals surface area contributed by atoms with Crippen molar-refractivity contribution in [2.24, 2.45) is 23.2 Å². The summed E-state index contributed by atoms with van der Waals surface area (Å²) in [7, 11) is -1.83. The first kappa shape index (κ1) is 18.6. The van der Waals surface area contributed by atoms with Crippen LogP contribution in [0.1, 0.15) is 41.0 Å². The third-order valence-electron chi connectivity index (χ3n) is 8.56. The van der Waals surface area contributed by atoms with E-state index < -0.39 is 14.1 Å². The number of alkyl halides is 1. The van der Waals surface area contributed by atoms with Crippen LogP contribution in [0.5, 0.6) is 0 Å². The van der Waals surface area contributed by atoms with Gasteiger partial charge in [0.05, 0.1) is 18.3 Å². The minimum atomic E-state index is -1.83. The summed E-state index contributed by atoms with van der Waals surface area (Å²) in [6.07, 6.45) is 1.92. The quantitative estimate of drug-likeness (QED) is 0.479. The lowest BCUT2D eigenvalue weighted by Gasteiger charge is -2.47. The SMILES string of the molecule is CC1(C)O[C@H]2[C@@H]3O[C@@H]4C(Br)[C@H]5C[C@@H]4C3[C@@]5(CO[Si](C)(C)C(C)(C)C)[C@H]2O1. The Morgan fingerprint density at radius 3 is 2.46 bits per heavy atom. The standard InChI is InChI=1S/C20H33BrO4Si/c1-18(2,3)26(6,7)22-9-20-11-8-10-12(20)15(23-14(10)13(11)21)16-17(20)25-19(4,5)24-16/h10-17H,8-9H2,1-7H3/t10-,11-,12?,13?,14+,15-,16+,17+,20+/m1/s1. The Bertz CT molecular complexity index is 632. The topological polar surface area (TPSA) is 36.9 Å². The first-order chi connectivity index (χ1) is 11.9. The van der Waals surface area contributed by atoms with E-state index >= 15 is 0 Å². The van der Waals surface area contributed by atoms with Gasteiger partial charge in [-0.05, 0) is 50.2 Å². The molecule has 0 aromatic heterocycles. The predicted octanol–water partition coefficient (Wildman–Crippen LogP) is 4.33. The minimum absolute atomic E-state index is 0.0322. The lowest BCUT2D eigenvalue weighted by Crippen LogP contribution is -2.55. The molecule has 2 aliphatic heterocycles. The Hall–Kier alpha value is 0.537. The average Bonchev–Trinajstić information content (AvgIpc) is 3.19. The molecule has 0 amide bonds. The molecule has 6 heteroatoms. The van der Waals surface area contributed by atoms with Gasteiger partial charge >= 0.3 is 0 Å². The summed E-state index contributed by atoms with van der Waals surface area (Å²) >= 11 is 4.01. The van der Waals surface area contributed by atoms with E-state index in [1.807, 2.05) is 13.8 Å². The van der Waals surface area contributed by atoms with Crippen molar-refractivity contribution < 1.29 is 18.6 Å². The number of hydrogen-bond acceptors (Lipinski definition) is 4.